The first-order chi connectivity index (χ1) is 28.0. The molecular formula is C48H88NO8P. The maximum atomic E-state index is 12.6. The van der Waals surface area contributed by atoms with E-state index in [1.807, 2.05) is 33.3 Å². The van der Waals surface area contributed by atoms with Crippen molar-refractivity contribution in [3.63, 3.8) is 0 Å². The van der Waals surface area contributed by atoms with Gasteiger partial charge in [-0.1, -0.05) is 178 Å². The second-order valence-electron chi connectivity index (χ2n) is 16.8. The Labute approximate surface area is 356 Å². The second kappa shape index (κ2) is 40.4. The van der Waals surface area contributed by atoms with Crippen LogP contribution in [0.3, 0.4) is 0 Å². The molecular weight excluding hydrogens is 750 g/mol. The third-order valence-electron chi connectivity index (χ3n) is 9.93. The van der Waals surface area contributed by atoms with Gasteiger partial charge in [0.15, 0.2) is 6.10 Å². The fraction of sp³-hybridized carbons (Fsp3) is 0.792. The minimum absolute atomic E-state index is 0.0481. The minimum Gasteiger partial charge on any atom is -0.756 e. The minimum atomic E-state index is -4.65. The zero-order valence-electron chi connectivity index (χ0n) is 38.0. The highest BCUT2D eigenvalue weighted by atomic mass is 31.2. The van der Waals surface area contributed by atoms with Gasteiger partial charge in [-0.15, -0.1) is 0 Å². The van der Waals surface area contributed by atoms with E-state index in [-0.39, 0.29) is 19.6 Å². The largest absolute Gasteiger partial charge is 0.756 e. The van der Waals surface area contributed by atoms with Gasteiger partial charge in [0.1, 0.15) is 19.8 Å². The van der Waals surface area contributed by atoms with E-state index < -0.39 is 32.5 Å². The Hall–Kier alpha value is -2.03. The van der Waals surface area contributed by atoms with E-state index in [0.717, 1.165) is 44.9 Å². The van der Waals surface area contributed by atoms with Crippen LogP contribution in [0.15, 0.2) is 48.6 Å². The van der Waals surface area contributed by atoms with Crippen molar-refractivity contribution in [2.75, 3.05) is 47.5 Å². The molecule has 1 unspecified atom stereocenters. The smallest absolute Gasteiger partial charge is 0.331 e. The summed E-state index contributed by atoms with van der Waals surface area (Å²) in [7, 11) is 1.11. The molecule has 0 aromatic rings. The van der Waals surface area contributed by atoms with Gasteiger partial charge in [-0.25, -0.2) is 4.79 Å². The summed E-state index contributed by atoms with van der Waals surface area (Å²) in [6.45, 7) is 4.08. The lowest BCUT2D eigenvalue weighted by atomic mass is 10.1. The Morgan fingerprint density at radius 3 is 1.59 bits per heavy atom. The molecule has 0 rings (SSSR count). The van der Waals surface area contributed by atoms with Crippen molar-refractivity contribution in [2.45, 2.75) is 200 Å². The maximum absolute atomic E-state index is 12.6. The summed E-state index contributed by atoms with van der Waals surface area (Å²) in [5.74, 6) is -1.09. The SMILES string of the molecule is CCCCC/C=C/C/C=C/CCCCCCCCCCCC(=O)OC[C@H](COP(=O)([O-])OCC[N+](C)(C)C)OC(=O)/C=C/C=C/CCCCCCCCCCCCC. The highest BCUT2D eigenvalue weighted by Crippen LogP contribution is 2.38. The summed E-state index contributed by atoms with van der Waals surface area (Å²) in [4.78, 5) is 37.5. The van der Waals surface area contributed by atoms with Crippen LogP contribution in [0.4, 0.5) is 0 Å². The molecule has 0 N–H and O–H groups in total. The fourth-order valence-electron chi connectivity index (χ4n) is 6.24. The first kappa shape index (κ1) is 56.0. The van der Waals surface area contributed by atoms with E-state index in [4.69, 9.17) is 18.5 Å². The van der Waals surface area contributed by atoms with Crippen molar-refractivity contribution in [2.24, 2.45) is 0 Å². The average molecular weight is 838 g/mol. The number of carbonyl (C=O) groups excluding carboxylic acids is 2. The van der Waals surface area contributed by atoms with E-state index in [0.29, 0.717) is 17.4 Å². The zero-order valence-corrected chi connectivity index (χ0v) is 38.9. The number of ether oxygens (including phenoxy) is 2. The normalized spacial score (nSPS) is 14.0. The van der Waals surface area contributed by atoms with E-state index in [1.54, 1.807) is 6.08 Å². The first-order valence-corrected chi connectivity index (χ1v) is 24.8. The molecule has 0 fully saturated rings. The van der Waals surface area contributed by atoms with Gasteiger partial charge in [-0.2, -0.15) is 0 Å². The van der Waals surface area contributed by atoms with Gasteiger partial charge in [0.25, 0.3) is 7.82 Å². The van der Waals surface area contributed by atoms with Crippen LogP contribution < -0.4 is 4.89 Å². The predicted molar refractivity (Wildman–Crippen MR) is 240 cm³/mol. The number of likely N-dealkylation sites (N-methyl/N-ethyl adjacent to an activating group) is 1. The molecule has 2 atom stereocenters. The van der Waals surface area contributed by atoms with Crippen LogP contribution in [0.25, 0.3) is 0 Å². The Morgan fingerprint density at radius 1 is 0.586 bits per heavy atom. The molecule has 0 heterocycles. The zero-order chi connectivity index (χ0) is 42.8. The van der Waals surface area contributed by atoms with Crippen LogP contribution in [-0.4, -0.2) is 70.0 Å². The molecule has 0 aliphatic carbocycles. The molecule has 0 aromatic heterocycles. The van der Waals surface area contributed by atoms with Gasteiger partial charge in [0.05, 0.1) is 27.7 Å². The number of nitrogens with zero attached hydrogens (tertiary/aromatic N) is 1. The van der Waals surface area contributed by atoms with Crippen LogP contribution in [-0.2, 0) is 32.7 Å². The maximum Gasteiger partial charge on any atom is 0.331 e. The lowest BCUT2D eigenvalue weighted by molar-refractivity contribution is -0.870. The Kier molecular flexibility index (Phi) is 39.0. The molecule has 0 spiro atoms. The number of phosphoric ester groups is 1. The molecule has 0 saturated heterocycles. The standard InChI is InChI=1S/C48H88NO8P/c1-6-8-10-12-14-16-18-20-22-23-24-25-27-28-30-32-34-36-38-40-47(50)54-44-46(45-56-58(52,53)55-43-42-49(3,4)5)57-48(51)41-39-37-35-33-31-29-26-21-19-17-15-13-11-9-7-2/h14,16,20,22,35,37,39,41,46H,6-13,15,17-19,21,23-34,36,38,40,42-45H2,1-5H3/b16-14+,22-20+,37-35+,41-39+/t46-/m1/s1. The van der Waals surface area contributed by atoms with E-state index >= 15 is 0 Å². The van der Waals surface area contributed by atoms with Crippen LogP contribution in [0, 0.1) is 0 Å². The van der Waals surface area contributed by atoms with Crippen molar-refractivity contribution < 1.29 is 42.1 Å². The van der Waals surface area contributed by atoms with Crippen LogP contribution >= 0.6 is 7.82 Å². The summed E-state index contributed by atoms with van der Waals surface area (Å²) in [6.07, 6.45) is 47.7. The van der Waals surface area contributed by atoms with Crippen molar-refractivity contribution in [1.29, 1.82) is 0 Å². The van der Waals surface area contributed by atoms with Gasteiger partial charge in [0, 0.05) is 12.5 Å². The van der Waals surface area contributed by atoms with Crippen LogP contribution in [0.2, 0.25) is 0 Å². The quantitative estimate of drug-likeness (QED) is 0.0114. The second-order valence-corrected chi connectivity index (χ2v) is 18.2. The summed E-state index contributed by atoms with van der Waals surface area (Å²) >= 11 is 0. The number of quaternary nitrogens is 1. The van der Waals surface area contributed by atoms with Crippen molar-refractivity contribution in [1.82, 2.24) is 0 Å². The molecule has 0 amide bonds. The number of carbonyl (C=O) groups is 2. The average Bonchev–Trinajstić information content (AvgIpc) is 3.17. The first-order valence-electron chi connectivity index (χ1n) is 23.4. The number of phosphoric acid groups is 1. The van der Waals surface area contributed by atoms with Gasteiger partial charge in [-0.05, 0) is 51.4 Å². The van der Waals surface area contributed by atoms with Crippen molar-refractivity contribution >= 4 is 19.8 Å². The number of unbranched alkanes of at least 4 members (excludes halogenated alkanes) is 23. The van der Waals surface area contributed by atoms with Crippen LogP contribution in [0.5, 0.6) is 0 Å². The number of esters is 2. The molecule has 10 heteroatoms. The number of hydrogen-bond acceptors (Lipinski definition) is 8. The lowest BCUT2D eigenvalue weighted by Crippen LogP contribution is -2.37. The highest BCUT2D eigenvalue weighted by Gasteiger charge is 2.21. The van der Waals surface area contributed by atoms with Gasteiger partial charge in [-0.3, -0.25) is 9.36 Å². The van der Waals surface area contributed by atoms with Gasteiger partial charge in [0.2, 0.25) is 0 Å². The molecule has 0 aliphatic rings. The fourth-order valence-corrected chi connectivity index (χ4v) is 6.97. The lowest BCUT2D eigenvalue weighted by Gasteiger charge is -2.28. The van der Waals surface area contributed by atoms with E-state index in [9.17, 15) is 19.0 Å². The molecule has 338 valence electrons. The van der Waals surface area contributed by atoms with E-state index in [1.165, 1.54) is 128 Å². The molecule has 0 radical (unpaired) electrons. The van der Waals surface area contributed by atoms with Crippen molar-refractivity contribution in [3.8, 4) is 0 Å². The Morgan fingerprint density at radius 2 is 1.05 bits per heavy atom. The van der Waals surface area contributed by atoms with Crippen molar-refractivity contribution in [3.05, 3.63) is 48.6 Å². The Bertz CT molecular complexity index is 1130. The summed E-state index contributed by atoms with van der Waals surface area (Å²) < 4.78 is 33.7. The molecule has 0 aliphatic heterocycles. The summed E-state index contributed by atoms with van der Waals surface area (Å²) in [6, 6.07) is 0. The number of allylic oxidation sites excluding steroid dienone is 7. The monoisotopic (exact) mass is 838 g/mol. The Balaban J connectivity index is 4.39. The molecule has 0 aromatic carbocycles. The van der Waals surface area contributed by atoms with E-state index in [2.05, 4.69) is 38.2 Å². The number of rotatable bonds is 42. The van der Waals surface area contributed by atoms with Crippen LogP contribution in [0.1, 0.15) is 194 Å². The molecule has 0 saturated carbocycles. The van der Waals surface area contributed by atoms with Gasteiger partial charge >= 0.3 is 11.9 Å². The topological polar surface area (TPSA) is 111 Å². The summed E-state index contributed by atoms with van der Waals surface area (Å²) in [5.41, 5.74) is 0. The third-order valence-corrected chi connectivity index (χ3v) is 10.9. The number of hydrogen-bond donors (Lipinski definition) is 0. The molecule has 9 nitrogen and oxygen atoms in total. The predicted octanol–water partition coefficient (Wildman–Crippen LogP) is 12.8. The summed E-state index contributed by atoms with van der Waals surface area (Å²) in [5, 5.41) is 0. The third kappa shape index (κ3) is 43.5. The van der Waals surface area contributed by atoms with Gasteiger partial charge < -0.3 is 27.9 Å². The highest BCUT2D eigenvalue weighted by molar-refractivity contribution is 7.45. The molecule has 0 bridgehead atoms. The molecule has 58 heavy (non-hydrogen) atoms.